The first-order chi connectivity index (χ1) is 9.42. The highest BCUT2D eigenvalue weighted by atomic mass is 16.5. The fraction of sp³-hybridized carbons (Fsp3) is 0.562. The van der Waals surface area contributed by atoms with Crippen LogP contribution in [0.3, 0.4) is 0 Å². The van der Waals surface area contributed by atoms with E-state index in [4.69, 9.17) is 10.5 Å². The number of benzene rings is 1. The minimum atomic E-state index is -0.478. The normalized spacial score (nSPS) is 13.9. The van der Waals surface area contributed by atoms with Gasteiger partial charge in [-0.1, -0.05) is 26.8 Å². The summed E-state index contributed by atoms with van der Waals surface area (Å²) in [4.78, 5) is 12.0. The molecule has 0 aliphatic carbocycles. The Labute approximate surface area is 121 Å². The van der Waals surface area contributed by atoms with E-state index in [0.29, 0.717) is 12.3 Å². The Hall–Kier alpha value is -1.55. The summed E-state index contributed by atoms with van der Waals surface area (Å²) in [5, 5.41) is 2.83. The van der Waals surface area contributed by atoms with E-state index in [1.165, 1.54) is 0 Å². The minimum Gasteiger partial charge on any atom is -0.491 e. The van der Waals surface area contributed by atoms with Gasteiger partial charge in [0.05, 0.1) is 12.1 Å². The molecule has 1 aromatic rings. The molecule has 1 rings (SSSR count). The van der Waals surface area contributed by atoms with Crippen LogP contribution in [0.5, 0.6) is 5.75 Å². The zero-order chi connectivity index (χ0) is 15.1. The molecule has 1 aromatic carbocycles. The molecule has 3 N–H and O–H groups in total. The maximum atomic E-state index is 12.0. The lowest BCUT2D eigenvalue weighted by molar-refractivity contribution is -0.117. The molecule has 0 radical (unpaired) electrons. The number of carbonyl (C=O) groups excluding carboxylic acids is 1. The molecule has 0 saturated heterocycles. The van der Waals surface area contributed by atoms with Gasteiger partial charge in [-0.2, -0.15) is 0 Å². The molecule has 1 amide bonds. The maximum Gasteiger partial charge on any atom is 0.241 e. The van der Waals surface area contributed by atoms with Gasteiger partial charge in [0.25, 0.3) is 0 Å². The lowest BCUT2D eigenvalue weighted by atomic mass is 10.0. The predicted molar refractivity (Wildman–Crippen MR) is 82.9 cm³/mol. The molecular weight excluding hydrogens is 252 g/mol. The molecule has 0 bridgehead atoms. The number of anilines is 1. The highest BCUT2D eigenvalue weighted by Crippen LogP contribution is 2.19. The van der Waals surface area contributed by atoms with Gasteiger partial charge in [0.15, 0.2) is 0 Å². The van der Waals surface area contributed by atoms with Gasteiger partial charge in [-0.15, -0.1) is 0 Å². The number of hydrogen-bond acceptors (Lipinski definition) is 3. The SMILES string of the molecule is CCC(C)Oc1cccc(NC(=O)C(N)CC(C)C)c1. The highest BCUT2D eigenvalue weighted by molar-refractivity contribution is 5.94. The third-order valence-electron chi connectivity index (χ3n) is 3.08. The van der Waals surface area contributed by atoms with Crippen molar-refractivity contribution in [2.45, 2.75) is 52.7 Å². The molecule has 0 heterocycles. The van der Waals surface area contributed by atoms with Crippen LogP contribution in [0, 0.1) is 5.92 Å². The summed E-state index contributed by atoms with van der Waals surface area (Å²) in [7, 11) is 0. The van der Waals surface area contributed by atoms with Gasteiger partial charge in [-0.25, -0.2) is 0 Å². The van der Waals surface area contributed by atoms with Gasteiger partial charge in [0.1, 0.15) is 5.75 Å². The number of amides is 1. The second kappa shape index (κ2) is 7.90. The van der Waals surface area contributed by atoms with Gasteiger partial charge in [-0.05, 0) is 37.8 Å². The summed E-state index contributed by atoms with van der Waals surface area (Å²) < 4.78 is 5.73. The molecule has 0 aliphatic heterocycles. The number of rotatable bonds is 7. The van der Waals surface area contributed by atoms with Gasteiger partial charge in [0, 0.05) is 11.8 Å². The van der Waals surface area contributed by atoms with Crippen LogP contribution in [0.1, 0.15) is 40.5 Å². The Morgan fingerprint density at radius 3 is 2.65 bits per heavy atom. The topological polar surface area (TPSA) is 64.3 Å². The summed E-state index contributed by atoms with van der Waals surface area (Å²) >= 11 is 0. The number of nitrogens with one attached hydrogen (secondary N) is 1. The zero-order valence-corrected chi connectivity index (χ0v) is 12.8. The summed E-state index contributed by atoms with van der Waals surface area (Å²) in [6.45, 7) is 8.19. The van der Waals surface area contributed by atoms with Crippen molar-refractivity contribution in [3.05, 3.63) is 24.3 Å². The smallest absolute Gasteiger partial charge is 0.241 e. The lowest BCUT2D eigenvalue weighted by Gasteiger charge is -2.16. The average Bonchev–Trinajstić information content (AvgIpc) is 2.38. The minimum absolute atomic E-state index is 0.153. The first-order valence-electron chi connectivity index (χ1n) is 7.25. The van der Waals surface area contributed by atoms with E-state index in [9.17, 15) is 4.79 Å². The second-order valence-corrected chi connectivity index (χ2v) is 5.59. The van der Waals surface area contributed by atoms with Crippen molar-refractivity contribution in [3.8, 4) is 5.75 Å². The number of hydrogen-bond donors (Lipinski definition) is 2. The Kier molecular flexibility index (Phi) is 6.52. The van der Waals surface area contributed by atoms with Crippen molar-refractivity contribution in [2.24, 2.45) is 11.7 Å². The van der Waals surface area contributed by atoms with Crippen LogP contribution in [-0.2, 0) is 4.79 Å². The van der Waals surface area contributed by atoms with E-state index in [1.54, 1.807) is 0 Å². The summed E-state index contributed by atoms with van der Waals surface area (Å²) in [5.41, 5.74) is 6.58. The van der Waals surface area contributed by atoms with E-state index >= 15 is 0 Å². The van der Waals surface area contributed by atoms with Crippen molar-refractivity contribution >= 4 is 11.6 Å². The fourth-order valence-electron chi connectivity index (χ4n) is 1.81. The third-order valence-corrected chi connectivity index (χ3v) is 3.08. The van der Waals surface area contributed by atoms with Crippen molar-refractivity contribution in [1.82, 2.24) is 0 Å². The van der Waals surface area contributed by atoms with Crippen molar-refractivity contribution in [3.63, 3.8) is 0 Å². The summed E-state index contributed by atoms with van der Waals surface area (Å²) in [6.07, 6.45) is 1.77. The van der Waals surface area contributed by atoms with Gasteiger partial charge in [0.2, 0.25) is 5.91 Å². The molecule has 0 saturated carbocycles. The van der Waals surface area contributed by atoms with Crippen LogP contribution in [0.15, 0.2) is 24.3 Å². The molecule has 2 unspecified atom stereocenters. The standard InChI is InChI=1S/C16H26N2O2/c1-5-12(4)20-14-8-6-7-13(10-14)18-16(19)15(17)9-11(2)3/h6-8,10-12,15H,5,9,17H2,1-4H3,(H,18,19). The second-order valence-electron chi connectivity index (χ2n) is 5.59. The van der Waals surface area contributed by atoms with Crippen LogP contribution in [0.4, 0.5) is 5.69 Å². The van der Waals surface area contributed by atoms with E-state index in [0.717, 1.165) is 17.9 Å². The molecule has 0 aromatic heterocycles. The van der Waals surface area contributed by atoms with Crippen LogP contribution in [0.25, 0.3) is 0 Å². The number of carbonyl (C=O) groups is 1. The molecule has 112 valence electrons. The van der Waals surface area contributed by atoms with E-state index in [-0.39, 0.29) is 12.0 Å². The van der Waals surface area contributed by atoms with Crippen molar-refractivity contribution < 1.29 is 9.53 Å². The Balaban J connectivity index is 2.63. The molecule has 4 nitrogen and oxygen atoms in total. The molecule has 20 heavy (non-hydrogen) atoms. The Morgan fingerprint density at radius 1 is 1.35 bits per heavy atom. The average molecular weight is 278 g/mol. The highest BCUT2D eigenvalue weighted by Gasteiger charge is 2.15. The van der Waals surface area contributed by atoms with Crippen LogP contribution in [0.2, 0.25) is 0 Å². The van der Waals surface area contributed by atoms with Crippen LogP contribution < -0.4 is 15.8 Å². The van der Waals surface area contributed by atoms with Crippen LogP contribution in [-0.4, -0.2) is 18.1 Å². The van der Waals surface area contributed by atoms with Crippen molar-refractivity contribution in [2.75, 3.05) is 5.32 Å². The molecule has 0 fully saturated rings. The molecule has 0 spiro atoms. The fourth-order valence-corrected chi connectivity index (χ4v) is 1.81. The maximum absolute atomic E-state index is 12.0. The molecular formula is C16H26N2O2. The predicted octanol–water partition coefficient (Wildman–Crippen LogP) is 3.18. The summed E-state index contributed by atoms with van der Waals surface area (Å²) in [5.74, 6) is 1.00. The van der Waals surface area contributed by atoms with E-state index < -0.39 is 6.04 Å². The van der Waals surface area contributed by atoms with Gasteiger partial charge >= 0.3 is 0 Å². The third kappa shape index (κ3) is 5.61. The Bertz CT molecular complexity index is 432. The first kappa shape index (κ1) is 16.5. The number of nitrogens with two attached hydrogens (primary N) is 1. The zero-order valence-electron chi connectivity index (χ0n) is 12.8. The first-order valence-corrected chi connectivity index (χ1v) is 7.25. The van der Waals surface area contributed by atoms with Crippen molar-refractivity contribution in [1.29, 1.82) is 0 Å². The van der Waals surface area contributed by atoms with Crippen LogP contribution >= 0.6 is 0 Å². The van der Waals surface area contributed by atoms with Gasteiger partial charge in [-0.3, -0.25) is 4.79 Å². The monoisotopic (exact) mass is 278 g/mol. The van der Waals surface area contributed by atoms with Gasteiger partial charge < -0.3 is 15.8 Å². The molecule has 2 atom stereocenters. The quantitative estimate of drug-likeness (QED) is 0.805. The molecule has 0 aliphatic rings. The van der Waals surface area contributed by atoms with E-state index in [2.05, 4.69) is 12.2 Å². The summed E-state index contributed by atoms with van der Waals surface area (Å²) in [6, 6.07) is 6.93. The lowest BCUT2D eigenvalue weighted by Crippen LogP contribution is -2.36. The Morgan fingerprint density at radius 2 is 2.05 bits per heavy atom. The largest absolute Gasteiger partial charge is 0.491 e. The molecule has 4 heteroatoms. The van der Waals surface area contributed by atoms with E-state index in [1.807, 2.05) is 45.0 Å². The number of ether oxygens (including phenoxy) is 1.